The summed E-state index contributed by atoms with van der Waals surface area (Å²) in [4.78, 5) is 0. The highest BCUT2D eigenvalue weighted by Crippen LogP contribution is 2.59. The van der Waals surface area contributed by atoms with Gasteiger partial charge in [-0.25, -0.2) is 0 Å². The smallest absolute Gasteiger partial charge is 0.135 e. The minimum absolute atomic E-state index is 0.112. The molecule has 0 saturated heterocycles. The SMILES string of the molecule is CC1(C)c2cc(-c3ccc4ccccc4c3)ccc2-c2cc3c(cc21)-c1cc2c(cc1C3(C)C)-c1ccc(-c3cc4ccccc4o3)cc1C2(C)C. The van der Waals surface area contributed by atoms with Crippen molar-refractivity contribution in [2.24, 2.45) is 0 Å². The number of rotatable bonds is 2. The van der Waals surface area contributed by atoms with Crippen molar-refractivity contribution in [1.29, 1.82) is 0 Å². The predicted octanol–water partition coefficient (Wildman–Crippen LogP) is 13.8. The molecule has 7 aromatic carbocycles. The molecule has 3 aliphatic rings. The average molecular weight is 669 g/mol. The predicted molar refractivity (Wildman–Crippen MR) is 217 cm³/mol. The highest BCUT2D eigenvalue weighted by atomic mass is 16.3. The van der Waals surface area contributed by atoms with Crippen LogP contribution in [0.1, 0.15) is 74.9 Å². The number of fused-ring (bicyclic) bond motifs is 11. The van der Waals surface area contributed by atoms with Gasteiger partial charge in [-0.2, -0.15) is 0 Å². The lowest BCUT2D eigenvalue weighted by Gasteiger charge is -2.25. The van der Waals surface area contributed by atoms with Gasteiger partial charge in [0.05, 0.1) is 0 Å². The van der Waals surface area contributed by atoms with Crippen LogP contribution in [0.5, 0.6) is 0 Å². The summed E-state index contributed by atoms with van der Waals surface area (Å²) < 4.78 is 6.31. The molecule has 0 fully saturated rings. The van der Waals surface area contributed by atoms with Gasteiger partial charge in [0.1, 0.15) is 11.3 Å². The van der Waals surface area contributed by atoms with E-state index in [1.165, 1.54) is 88.7 Å². The zero-order chi connectivity index (χ0) is 35.3. The maximum Gasteiger partial charge on any atom is 0.135 e. The van der Waals surface area contributed by atoms with Crippen molar-refractivity contribution in [3.05, 3.63) is 167 Å². The molecule has 250 valence electrons. The molecule has 0 spiro atoms. The van der Waals surface area contributed by atoms with Gasteiger partial charge >= 0.3 is 0 Å². The van der Waals surface area contributed by atoms with Gasteiger partial charge in [-0.3, -0.25) is 0 Å². The largest absolute Gasteiger partial charge is 0.456 e. The van der Waals surface area contributed by atoms with Crippen LogP contribution in [0.15, 0.2) is 138 Å². The summed E-state index contributed by atoms with van der Waals surface area (Å²) in [5.74, 6) is 0.926. The van der Waals surface area contributed by atoms with Crippen LogP contribution in [0, 0.1) is 0 Å². The molecule has 0 atom stereocenters. The van der Waals surface area contributed by atoms with Gasteiger partial charge in [0.25, 0.3) is 0 Å². The molecule has 0 bridgehead atoms. The Bertz CT molecular complexity index is 2840. The molecule has 0 unspecified atom stereocenters. The van der Waals surface area contributed by atoms with Gasteiger partial charge in [-0.05, 0) is 143 Å². The second-order valence-corrected chi connectivity index (χ2v) is 17.0. The van der Waals surface area contributed by atoms with E-state index in [2.05, 4.69) is 163 Å². The molecule has 0 radical (unpaired) electrons. The normalized spacial score (nSPS) is 16.3. The summed E-state index contributed by atoms with van der Waals surface area (Å²) in [5.41, 5.74) is 21.0. The van der Waals surface area contributed by atoms with E-state index in [1.54, 1.807) is 0 Å². The summed E-state index contributed by atoms with van der Waals surface area (Å²) in [7, 11) is 0. The molecule has 3 aliphatic carbocycles. The molecule has 52 heavy (non-hydrogen) atoms. The molecular formula is C51H40O. The van der Waals surface area contributed by atoms with Crippen molar-refractivity contribution < 1.29 is 4.42 Å². The Balaban J connectivity index is 1.02. The zero-order valence-corrected chi connectivity index (χ0v) is 30.6. The monoisotopic (exact) mass is 668 g/mol. The molecule has 1 heteroatoms. The summed E-state index contributed by atoms with van der Waals surface area (Å²) in [6.45, 7) is 14.5. The fourth-order valence-corrected chi connectivity index (χ4v) is 10.0. The molecule has 0 N–H and O–H groups in total. The van der Waals surface area contributed by atoms with E-state index in [9.17, 15) is 0 Å². The molecule has 0 amide bonds. The maximum absolute atomic E-state index is 6.31. The first-order chi connectivity index (χ1) is 25.0. The molecule has 8 aromatic rings. The summed E-state index contributed by atoms with van der Waals surface area (Å²) in [6, 6.07) is 50.2. The third-order valence-electron chi connectivity index (χ3n) is 13.1. The first-order valence-corrected chi connectivity index (χ1v) is 18.7. The topological polar surface area (TPSA) is 13.1 Å². The first-order valence-electron chi connectivity index (χ1n) is 18.7. The zero-order valence-electron chi connectivity index (χ0n) is 30.6. The minimum Gasteiger partial charge on any atom is -0.456 e. The van der Waals surface area contributed by atoms with Crippen LogP contribution in [-0.4, -0.2) is 0 Å². The second-order valence-electron chi connectivity index (χ2n) is 17.0. The van der Waals surface area contributed by atoms with Gasteiger partial charge in [0.15, 0.2) is 0 Å². The Morgan fingerprint density at radius 3 is 1.33 bits per heavy atom. The van der Waals surface area contributed by atoms with Crippen molar-refractivity contribution in [1.82, 2.24) is 0 Å². The summed E-state index contributed by atoms with van der Waals surface area (Å²) in [5, 5.41) is 3.70. The van der Waals surface area contributed by atoms with Gasteiger partial charge < -0.3 is 4.42 Å². The average Bonchev–Trinajstić information content (AvgIpc) is 3.82. The lowest BCUT2D eigenvalue weighted by atomic mass is 9.78. The van der Waals surface area contributed by atoms with Crippen LogP contribution in [0.25, 0.3) is 77.6 Å². The van der Waals surface area contributed by atoms with Crippen molar-refractivity contribution in [3.63, 3.8) is 0 Å². The third-order valence-corrected chi connectivity index (χ3v) is 13.1. The van der Waals surface area contributed by atoms with Gasteiger partial charge in [-0.15, -0.1) is 0 Å². The van der Waals surface area contributed by atoms with Crippen molar-refractivity contribution in [2.45, 2.75) is 57.8 Å². The fourth-order valence-electron chi connectivity index (χ4n) is 10.0. The molecule has 1 nitrogen and oxygen atoms in total. The molecule has 1 heterocycles. The van der Waals surface area contributed by atoms with Gasteiger partial charge in [0, 0.05) is 27.2 Å². The highest BCUT2D eigenvalue weighted by molar-refractivity contribution is 5.95. The number of hydrogen-bond donors (Lipinski definition) is 0. The van der Waals surface area contributed by atoms with Gasteiger partial charge in [0.2, 0.25) is 0 Å². The number of para-hydroxylation sites is 1. The Morgan fingerprint density at radius 1 is 0.327 bits per heavy atom. The van der Waals surface area contributed by atoms with Crippen molar-refractivity contribution in [3.8, 4) is 55.8 Å². The Morgan fingerprint density at radius 2 is 0.750 bits per heavy atom. The van der Waals surface area contributed by atoms with E-state index in [4.69, 9.17) is 4.42 Å². The first kappa shape index (κ1) is 30.0. The molecule has 0 aliphatic heterocycles. The van der Waals surface area contributed by atoms with E-state index < -0.39 is 0 Å². The van der Waals surface area contributed by atoms with E-state index >= 15 is 0 Å². The van der Waals surface area contributed by atoms with Crippen molar-refractivity contribution >= 4 is 21.7 Å². The second kappa shape index (κ2) is 9.81. The Hall–Kier alpha value is -5.66. The highest BCUT2D eigenvalue weighted by Gasteiger charge is 2.44. The van der Waals surface area contributed by atoms with Crippen LogP contribution in [-0.2, 0) is 16.2 Å². The van der Waals surface area contributed by atoms with E-state index in [-0.39, 0.29) is 16.2 Å². The van der Waals surface area contributed by atoms with Crippen LogP contribution < -0.4 is 0 Å². The minimum atomic E-state index is -0.139. The van der Waals surface area contributed by atoms with Crippen LogP contribution in [0.3, 0.4) is 0 Å². The molecule has 0 saturated carbocycles. The fraction of sp³-hybridized carbons (Fsp3) is 0.176. The van der Waals surface area contributed by atoms with E-state index in [0.29, 0.717) is 0 Å². The number of benzene rings is 7. The standard InChI is InChI=1S/C51H40O/c1-49(2)41-22-32(31-16-15-29-11-7-8-12-30(29)21-31)17-19-35(41)37-25-45-39(27-43(37)49)40-28-44-38(26-46(40)51(45,5)6)36-20-18-34(23-42(36)50(44,3)4)48-24-33-13-9-10-14-47(33)52-48/h7-28H,1-6H3. The quantitative estimate of drug-likeness (QED) is 0.179. The van der Waals surface area contributed by atoms with Crippen LogP contribution in [0.2, 0.25) is 0 Å². The van der Waals surface area contributed by atoms with E-state index in [1.807, 2.05) is 12.1 Å². The van der Waals surface area contributed by atoms with Gasteiger partial charge in [-0.1, -0.05) is 120 Å². The van der Waals surface area contributed by atoms with Crippen LogP contribution >= 0.6 is 0 Å². The van der Waals surface area contributed by atoms with E-state index in [0.717, 1.165) is 22.3 Å². The summed E-state index contributed by atoms with van der Waals surface area (Å²) in [6.07, 6.45) is 0. The third kappa shape index (κ3) is 3.84. The lowest BCUT2D eigenvalue weighted by Crippen LogP contribution is -2.17. The summed E-state index contributed by atoms with van der Waals surface area (Å²) >= 11 is 0. The van der Waals surface area contributed by atoms with Crippen LogP contribution in [0.4, 0.5) is 0 Å². The lowest BCUT2D eigenvalue weighted by molar-refractivity contribution is 0.630. The molecule has 1 aromatic heterocycles. The Kier molecular flexibility index (Phi) is 5.66. The maximum atomic E-state index is 6.31. The Labute approximate surface area is 305 Å². The number of furan rings is 1. The number of hydrogen-bond acceptors (Lipinski definition) is 1. The molecule has 11 rings (SSSR count). The molecular weight excluding hydrogens is 629 g/mol. The van der Waals surface area contributed by atoms with Crippen molar-refractivity contribution in [2.75, 3.05) is 0 Å².